The van der Waals surface area contributed by atoms with Gasteiger partial charge in [-0.05, 0) is 12.3 Å². The zero-order valence-corrected chi connectivity index (χ0v) is 11.5. The van der Waals surface area contributed by atoms with Crippen LogP contribution in [-0.2, 0) is 14.8 Å². The molecular weight excluding hydrogens is 287 g/mol. The van der Waals surface area contributed by atoms with Gasteiger partial charge >= 0.3 is 12.1 Å². The SMILES string of the molecule is CCC(C)C(NS(=O)(=O)CCCC(F)(F)F)C(=O)O. The Morgan fingerprint density at radius 3 is 2.26 bits per heavy atom. The molecule has 0 amide bonds. The lowest BCUT2D eigenvalue weighted by molar-refractivity contribution is -0.140. The van der Waals surface area contributed by atoms with Crippen LogP contribution >= 0.6 is 0 Å². The van der Waals surface area contributed by atoms with Crippen molar-refractivity contribution < 1.29 is 31.5 Å². The minimum Gasteiger partial charge on any atom is -0.480 e. The van der Waals surface area contributed by atoms with E-state index in [2.05, 4.69) is 0 Å². The molecule has 0 heterocycles. The van der Waals surface area contributed by atoms with E-state index in [1.165, 1.54) is 0 Å². The molecule has 0 rings (SSSR count). The number of carboxylic acids is 1. The van der Waals surface area contributed by atoms with Gasteiger partial charge in [-0.15, -0.1) is 0 Å². The fraction of sp³-hybridized carbons (Fsp3) is 0.900. The zero-order chi connectivity index (χ0) is 15.3. The van der Waals surface area contributed by atoms with Gasteiger partial charge in [0.1, 0.15) is 6.04 Å². The van der Waals surface area contributed by atoms with Gasteiger partial charge in [-0.1, -0.05) is 20.3 Å². The normalized spacial score (nSPS) is 16.1. The highest BCUT2D eigenvalue weighted by atomic mass is 32.2. The van der Waals surface area contributed by atoms with E-state index in [0.717, 1.165) is 0 Å². The monoisotopic (exact) mass is 305 g/mol. The molecule has 19 heavy (non-hydrogen) atoms. The molecule has 0 aromatic rings. The van der Waals surface area contributed by atoms with Crippen LogP contribution in [0.2, 0.25) is 0 Å². The molecule has 0 radical (unpaired) electrons. The maximum absolute atomic E-state index is 11.9. The number of carbonyl (C=O) groups is 1. The number of sulfonamides is 1. The van der Waals surface area contributed by atoms with Crippen LogP contribution in [-0.4, -0.2) is 37.5 Å². The molecule has 0 aliphatic heterocycles. The Hall–Kier alpha value is -0.830. The predicted molar refractivity (Wildman–Crippen MR) is 63.1 cm³/mol. The van der Waals surface area contributed by atoms with Gasteiger partial charge in [-0.2, -0.15) is 13.2 Å². The Morgan fingerprint density at radius 2 is 1.89 bits per heavy atom. The lowest BCUT2D eigenvalue weighted by Crippen LogP contribution is -2.45. The number of halogens is 3. The number of hydrogen-bond acceptors (Lipinski definition) is 3. The van der Waals surface area contributed by atoms with Crippen LogP contribution in [0.25, 0.3) is 0 Å². The van der Waals surface area contributed by atoms with Gasteiger partial charge in [0.25, 0.3) is 0 Å². The summed E-state index contributed by atoms with van der Waals surface area (Å²) in [6.07, 6.45) is -5.79. The Kier molecular flexibility index (Phi) is 6.78. The lowest BCUT2D eigenvalue weighted by atomic mass is 10.0. The van der Waals surface area contributed by atoms with Crippen LogP contribution in [0.5, 0.6) is 0 Å². The fourth-order valence-corrected chi connectivity index (χ4v) is 2.72. The van der Waals surface area contributed by atoms with Crippen molar-refractivity contribution in [1.82, 2.24) is 4.72 Å². The third kappa shape index (κ3) is 8.04. The van der Waals surface area contributed by atoms with Crippen molar-refractivity contribution in [2.24, 2.45) is 5.92 Å². The van der Waals surface area contributed by atoms with Gasteiger partial charge in [-0.3, -0.25) is 4.79 Å². The van der Waals surface area contributed by atoms with Gasteiger partial charge < -0.3 is 5.11 Å². The molecular formula is C10H18F3NO4S. The Bertz CT molecular complexity index is 394. The molecule has 0 aliphatic carbocycles. The van der Waals surface area contributed by atoms with Crippen molar-refractivity contribution >= 4 is 16.0 Å². The van der Waals surface area contributed by atoms with Gasteiger partial charge in [0, 0.05) is 6.42 Å². The topological polar surface area (TPSA) is 83.5 Å². The molecule has 2 atom stereocenters. The van der Waals surface area contributed by atoms with Crippen molar-refractivity contribution in [3.8, 4) is 0 Å². The smallest absolute Gasteiger partial charge is 0.389 e. The second-order valence-corrected chi connectivity index (χ2v) is 6.23. The molecule has 0 saturated carbocycles. The van der Waals surface area contributed by atoms with Gasteiger partial charge in [0.05, 0.1) is 5.75 Å². The van der Waals surface area contributed by atoms with E-state index >= 15 is 0 Å². The number of nitrogens with one attached hydrogen (secondary N) is 1. The lowest BCUT2D eigenvalue weighted by Gasteiger charge is -2.20. The van der Waals surface area contributed by atoms with Crippen LogP contribution in [0, 0.1) is 5.92 Å². The molecule has 2 N–H and O–H groups in total. The highest BCUT2D eigenvalue weighted by Crippen LogP contribution is 2.21. The van der Waals surface area contributed by atoms with Gasteiger partial charge in [0.2, 0.25) is 10.0 Å². The average Bonchev–Trinajstić information content (AvgIpc) is 2.22. The molecule has 5 nitrogen and oxygen atoms in total. The summed E-state index contributed by atoms with van der Waals surface area (Å²) in [5, 5.41) is 8.89. The summed E-state index contributed by atoms with van der Waals surface area (Å²) in [6.45, 7) is 3.25. The van der Waals surface area contributed by atoms with Crippen LogP contribution < -0.4 is 4.72 Å². The quantitative estimate of drug-likeness (QED) is 0.715. The molecule has 0 saturated heterocycles. The van der Waals surface area contributed by atoms with E-state index < -0.39 is 52.7 Å². The third-order valence-electron chi connectivity index (χ3n) is 2.66. The second kappa shape index (κ2) is 7.09. The zero-order valence-electron chi connectivity index (χ0n) is 10.7. The van der Waals surface area contributed by atoms with E-state index in [4.69, 9.17) is 5.11 Å². The number of aliphatic carboxylic acids is 1. The summed E-state index contributed by atoms with van der Waals surface area (Å²) < 4.78 is 60.6. The highest BCUT2D eigenvalue weighted by molar-refractivity contribution is 7.89. The predicted octanol–water partition coefficient (Wildman–Crippen LogP) is 1.75. The van der Waals surface area contributed by atoms with Crippen molar-refractivity contribution in [3.05, 3.63) is 0 Å². The molecule has 0 bridgehead atoms. The largest absolute Gasteiger partial charge is 0.480 e. The Morgan fingerprint density at radius 1 is 1.37 bits per heavy atom. The summed E-state index contributed by atoms with van der Waals surface area (Å²) in [5.41, 5.74) is 0. The van der Waals surface area contributed by atoms with Crippen molar-refractivity contribution in [3.63, 3.8) is 0 Å². The van der Waals surface area contributed by atoms with E-state index in [1.54, 1.807) is 13.8 Å². The van der Waals surface area contributed by atoms with Crippen LogP contribution in [0.4, 0.5) is 13.2 Å². The van der Waals surface area contributed by atoms with E-state index in [9.17, 15) is 26.4 Å². The molecule has 0 fully saturated rings. The molecule has 0 aromatic carbocycles. The van der Waals surface area contributed by atoms with E-state index in [1.807, 2.05) is 4.72 Å². The van der Waals surface area contributed by atoms with Gasteiger partial charge in [-0.25, -0.2) is 13.1 Å². The molecule has 0 spiro atoms. The molecule has 0 aliphatic rings. The summed E-state index contributed by atoms with van der Waals surface area (Å²) in [7, 11) is -4.03. The van der Waals surface area contributed by atoms with Gasteiger partial charge in [0.15, 0.2) is 0 Å². The van der Waals surface area contributed by atoms with Crippen molar-refractivity contribution in [2.75, 3.05) is 5.75 Å². The summed E-state index contributed by atoms with van der Waals surface area (Å²) in [6, 6.07) is -1.32. The first-order valence-corrected chi connectivity index (χ1v) is 7.43. The molecule has 114 valence electrons. The molecule has 9 heteroatoms. The maximum atomic E-state index is 11.9. The number of hydrogen-bond donors (Lipinski definition) is 2. The first-order chi connectivity index (χ1) is 8.48. The second-order valence-electron chi connectivity index (χ2n) is 4.36. The van der Waals surface area contributed by atoms with Crippen molar-refractivity contribution in [1.29, 1.82) is 0 Å². The standard InChI is InChI=1S/C10H18F3NO4S/c1-3-7(2)8(9(15)16)14-19(17,18)6-4-5-10(11,12)13/h7-8,14H,3-6H2,1-2H3,(H,15,16). The first-order valence-electron chi connectivity index (χ1n) is 5.78. The van der Waals surface area contributed by atoms with Crippen LogP contribution in [0.3, 0.4) is 0 Å². The minimum absolute atomic E-state index is 0.433. The molecule has 0 aromatic heterocycles. The Labute approximate surface area is 110 Å². The average molecular weight is 305 g/mol. The maximum Gasteiger partial charge on any atom is 0.389 e. The number of alkyl halides is 3. The summed E-state index contributed by atoms with van der Waals surface area (Å²) >= 11 is 0. The molecule has 2 unspecified atom stereocenters. The number of carboxylic acid groups (broad SMARTS) is 1. The Balaban J connectivity index is 4.53. The fourth-order valence-electron chi connectivity index (χ4n) is 1.36. The number of rotatable bonds is 8. The summed E-state index contributed by atoms with van der Waals surface area (Å²) in [4.78, 5) is 10.9. The third-order valence-corrected chi connectivity index (χ3v) is 4.10. The van der Waals surface area contributed by atoms with E-state index in [-0.39, 0.29) is 0 Å². The minimum atomic E-state index is -4.42. The van der Waals surface area contributed by atoms with Crippen LogP contribution in [0.15, 0.2) is 0 Å². The highest BCUT2D eigenvalue weighted by Gasteiger charge is 2.30. The summed E-state index contributed by atoms with van der Waals surface area (Å²) in [5.74, 6) is -2.53. The van der Waals surface area contributed by atoms with E-state index in [0.29, 0.717) is 6.42 Å². The van der Waals surface area contributed by atoms with Crippen molar-refractivity contribution in [2.45, 2.75) is 45.3 Å². The first kappa shape index (κ1) is 18.2. The van der Waals surface area contributed by atoms with Crippen LogP contribution in [0.1, 0.15) is 33.1 Å².